The third-order valence-corrected chi connectivity index (χ3v) is 3.87. The Labute approximate surface area is 124 Å². The number of nitrogens with two attached hydrogens (primary N) is 1. The Bertz CT molecular complexity index is 635. The second kappa shape index (κ2) is 5.75. The van der Waals surface area contributed by atoms with Gasteiger partial charge in [0.25, 0.3) is 0 Å². The van der Waals surface area contributed by atoms with Gasteiger partial charge in [-0.1, -0.05) is 18.5 Å². The molecule has 0 amide bonds. The fraction of sp³-hybridized carbons (Fsp3) is 0.400. The smallest absolute Gasteiger partial charge is 0.131 e. The molecule has 0 aliphatic rings. The second-order valence-electron chi connectivity index (χ2n) is 4.95. The van der Waals surface area contributed by atoms with Crippen molar-refractivity contribution in [3.05, 3.63) is 39.7 Å². The number of hydrogen-bond acceptors (Lipinski definition) is 3. The lowest BCUT2D eigenvalue weighted by Crippen LogP contribution is -2.05. The molecule has 0 aliphatic carbocycles. The summed E-state index contributed by atoms with van der Waals surface area (Å²) in [5.74, 6) is 0.826. The molecule has 1 aromatic heterocycles. The summed E-state index contributed by atoms with van der Waals surface area (Å²) < 4.78 is 7.66. The highest BCUT2D eigenvalue weighted by molar-refractivity contribution is 6.31. The topological polar surface area (TPSA) is 53.1 Å². The summed E-state index contributed by atoms with van der Waals surface area (Å²) in [5, 5.41) is 5.07. The number of anilines is 1. The first-order chi connectivity index (χ1) is 9.43. The molecule has 0 aliphatic heterocycles. The first kappa shape index (κ1) is 14.7. The number of ether oxygens (including phenoxy) is 1. The van der Waals surface area contributed by atoms with Gasteiger partial charge in [-0.2, -0.15) is 5.10 Å². The molecular formula is C15H20ClN3O. The molecule has 0 bridgehead atoms. The van der Waals surface area contributed by atoms with E-state index in [0.29, 0.717) is 11.6 Å². The van der Waals surface area contributed by atoms with Gasteiger partial charge in [0, 0.05) is 12.7 Å². The molecule has 0 radical (unpaired) electrons. The van der Waals surface area contributed by atoms with Gasteiger partial charge >= 0.3 is 0 Å². The number of aryl methyl sites for hydroxylation is 4. The highest BCUT2D eigenvalue weighted by atomic mass is 35.5. The van der Waals surface area contributed by atoms with E-state index in [9.17, 15) is 0 Å². The molecule has 0 fully saturated rings. The van der Waals surface area contributed by atoms with Crippen LogP contribution >= 0.6 is 11.6 Å². The van der Waals surface area contributed by atoms with E-state index in [1.54, 1.807) is 4.68 Å². The van der Waals surface area contributed by atoms with Crippen LogP contribution in [0.25, 0.3) is 0 Å². The van der Waals surface area contributed by atoms with E-state index < -0.39 is 0 Å². The Kier molecular flexibility index (Phi) is 4.23. The van der Waals surface area contributed by atoms with Gasteiger partial charge in [-0.05, 0) is 43.5 Å². The summed E-state index contributed by atoms with van der Waals surface area (Å²) in [4.78, 5) is 0. The minimum atomic E-state index is 0.395. The van der Waals surface area contributed by atoms with Crippen molar-refractivity contribution in [2.24, 2.45) is 7.05 Å². The second-order valence-corrected chi connectivity index (χ2v) is 5.33. The fourth-order valence-corrected chi connectivity index (χ4v) is 2.44. The van der Waals surface area contributed by atoms with Crippen molar-refractivity contribution in [1.29, 1.82) is 0 Å². The molecule has 2 aromatic rings. The van der Waals surface area contributed by atoms with Crippen molar-refractivity contribution in [2.45, 2.75) is 33.8 Å². The lowest BCUT2D eigenvalue weighted by atomic mass is 10.1. The normalized spacial score (nSPS) is 10.8. The molecule has 0 spiro atoms. The predicted octanol–water partition coefficient (Wildman–Crippen LogP) is 3.41. The molecule has 20 heavy (non-hydrogen) atoms. The molecular weight excluding hydrogens is 274 g/mol. The van der Waals surface area contributed by atoms with Crippen LogP contribution < -0.4 is 10.5 Å². The number of hydrogen-bond donors (Lipinski definition) is 1. The molecule has 2 N–H and O–H groups in total. The summed E-state index contributed by atoms with van der Waals surface area (Å²) in [6.45, 7) is 6.38. The molecule has 1 aromatic carbocycles. The summed E-state index contributed by atoms with van der Waals surface area (Å²) >= 11 is 6.31. The van der Waals surface area contributed by atoms with E-state index in [1.807, 2.05) is 40.0 Å². The Morgan fingerprint density at radius 3 is 2.60 bits per heavy atom. The lowest BCUT2D eigenvalue weighted by molar-refractivity contribution is 0.293. The van der Waals surface area contributed by atoms with Gasteiger partial charge in [0.1, 0.15) is 12.4 Å². The van der Waals surface area contributed by atoms with E-state index in [4.69, 9.17) is 22.1 Å². The molecule has 108 valence electrons. The molecule has 0 atom stereocenters. The maximum absolute atomic E-state index is 6.31. The zero-order chi connectivity index (χ0) is 14.9. The van der Waals surface area contributed by atoms with Gasteiger partial charge in [-0.15, -0.1) is 0 Å². The van der Waals surface area contributed by atoms with Crippen molar-refractivity contribution >= 4 is 17.3 Å². The summed E-state index contributed by atoms with van der Waals surface area (Å²) in [5.41, 5.74) is 10.5. The Morgan fingerprint density at radius 2 is 2.00 bits per heavy atom. The van der Waals surface area contributed by atoms with Gasteiger partial charge in [-0.3, -0.25) is 4.68 Å². The minimum absolute atomic E-state index is 0.395. The van der Waals surface area contributed by atoms with Crippen molar-refractivity contribution < 1.29 is 4.74 Å². The summed E-state index contributed by atoms with van der Waals surface area (Å²) in [6.07, 6.45) is 0.812. The van der Waals surface area contributed by atoms with Gasteiger partial charge in [0.05, 0.1) is 16.4 Å². The number of aromatic nitrogens is 2. The molecule has 0 unspecified atom stereocenters. The average molecular weight is 294 g/mol. The molecule has 0 saturated carbocycles. The van der Waals surface area contributed by atoms with Crippen LogP contribution in [0.2, 0.25) is 5.02 Å². The molecule has 1 heterocycles. The van der Waals surface area contributed by atoms with Crippen LogP contribution in [-0.2, 0) is 20.1 Å². The van der Waals surface area contributed by atoms with Gasteiger partial charge in [0.2, 0.25) is 0 Å². The SMILES string of the molecule is CCc1nn(C)c(COc2cc(C)c(N)cc2C)c1Cl. The zero-order valence-electron chi connectivity index (χ0n) is 12.3. The number of nitrogens with zero attached hydrogens (tertiary/aromatic N) is 2. The monoisotopic (exact) mass is 293 g/mol. The Morgan fingerprint density at radius 1 is 1.30 bits per heavy atom. The van der Waals surface area contributed by atoms with Crippen LogP contribution in [0.1, 0.15) is 29.4 Å². The summed E-state index contributed by atoms with van der Waals surface area (Å²) in [6, 6.07) is 3.88. The van der Waals surface area contributed by atoms with Crippen molar-refractivity contribution in [2.75, 3.05) is 5.73 Å². The van der Waals surface area contributed by atoms with E-state index in [2.05, 4.69) is 5.10 Å². The largest absolute Gasteiger partial charge is 0.487 e. The van der Waals surface area contributed by atoms with Gasteiger partial charge in [0.15, 0.2) is 0 Å². The number of nitrogen functional groups attached to an aromatic ring is 1. The van der Waals surface area contributed by atoms with Crippen LogP contribution in [-0.4, -0.2) is 9.78 Å². The summed E-state index contributed by atoms with van der Waals surface area (Å²) in [7, 11) is 1.88. The lowest BCUT2D eigenvalue weighted by Gasteiger charge is -2.12. The van der Waals surface area contributed by atoms with Crippen molar-refractivity contribution in [1.82, 2.24) is 9.78 Å². The standard InChI is InChI=1S/C15H20ClN3O/c1-5-12-15(16)13(19(4)18-12)8-20-14-7-9(2)11(17)6-10(14)3/h6-7H,5,8,17H2,1-4H3. The van der Waals surface area contributed by atoms with Crippen molar-refractivity contribution in [3.8, 4) is 5.75 Å². The molecule has 5 heteroatoms. The maximum atomic E-state index is 6.31. The van der Waals surface area contributed by atoms with E-state index in [-0.39, 0.29) is 0 Å². The Hall–Kier alpha value is -1.68. The first-order valence-electron chi connectivity index (χ1n) is 6.63. The van der Waals surface area contributed by atoms with Gasteiger partial charge < -0.3 is 10.5 Å². The van der Waals surface area contributed by atoms with Crippen LogP contribution in [0.15, 0.2) is 12.1 Å². The van der Waals surface area contributed by atoms with E-state index in [1.165, 1.54) is 0 Å². The Balaban J connectivity index is 2.21. The quantitative estimate of drug-likeness (QED) is 0.879. The van der Waals surface area contributed by atoms with Crippen LogP contribution in [0.3, 0.4) is 0 Å². The third-order valence-electron chi connectivity index (χ3n) is 3.43. The number of benzene rings is 1. The maximum Gasteiger partial charge on any atom is 0.131 e. The first-order valence-corrected chi connectivity index (χ1v) is 7.01. The van der Waals surface area contributed by atoms with Crippen LogP contribution in [0.4, 0.5) is 5.69 Å². The molecule has 0 saturated heterocycles. The van der Waals surface area contributed by atoms with E-state index in [0.717, 1.165) is 40.4 Å². The average Bonchev–Trinajstić information content (AvgIpc) is 2.67. The van der Waals surface area contributed by atoms with Crippen LogP contribution in [0.5, 0.6) is 5.75 Å². The highest BCUT2D eigenvalue weighted by Crippen LogP contribution is 2.27. The third kappa shape index (κ3) is 2.75. The minimum Gasteiger partial charge on any atom is -0.487 e. The predicted molar refractivity (Wildman–Crippen MR) is 82.3 cm³/mol. The number of rotatable bonds is 4. The van der Waals surface area contributed by atoms with Crippen molar-refractivity contribution in [3.63, 3.8) is 0 Å². The highest BCUT2D eigenvalue weighted by Gasteiger charge is 2.14. The molecule has 2 rings (SSSR count). The number of halogens is 1. The fourth-order valence-electron chi connectivity index (χ4n) is 2.09. The zero-order valence-corrected chi connectivity index (χ0v) is 13.1. The van der Waals surface area contributed by atoms with E-state index >= 15 is 0 Å². The van der Waals surface area contributed by atoms with Gasteiger partial charge in [-0.25, -0.2) is 0 Å². The molecule has 4 nitrogen and oxygen atoms in total. The van der Waals surface area contributed by atoms with Crippen LogP contribution in [0, 0.1) is 13.8 Å².